The van der Waals surface area contributed by atoms with E-state index in [4.69, 9.17) is 17.3 Å². The van der Waals surface area contributed by atoms with Crippen LogP contribution in [0, 0.1) is 5.92 Å². The Morgan fingerprint density at radius 3 is 2.04 bits per heavy atom. The lowest BCUT2D eigenvalue weighted by Gasteiger charge is -2.18. The van der Waals surface area contributed by atoms with E-state index in [-0.39, 0.29) is 12.1 Å². The second-order valence-corrected chi connectivity index (χ2v) is 7.76. The van der Waals surface area contributed by atoms with Crippen LogP contribution in [0.5, 0.6) is 0 Å². The van der Waals surface area contributed by atoms with Crippen LogP contribution in [0.1, 0.15) is 90.4 Å². The van der Waals surface area contributed by atoms with Crippen LogP contribution in [0.4, 0.5) is 0 Å². The summed E-state index contributed by atoms with van der Waals surface area (Å²) in [6, 6.07) is -0.112. The highest BCUT2D eigenvalue weighted by Crippen LogP contribution is 2.24. The molecule has 2 radical (unpaired) electrons. The fraction of sp³-hybridized carbons (Fsp3) is 1.00. The van der Waals surface area contributed by atoms with Gasteiger partial charge in [0, 0.05) is 25.6 Å². The van der Waals surface area contributed by atoms with E-state index < -0.39 is 0 Å². The van der Waals surface area contributed by atoms with E-state index >= 15 is 0 Å². The van der Waals surface area contributed by atoms with Gasteiger partial charge in [-0.25, -0.2) is 0 Å². The van der Waals surface area contributed by atoms with Crippen LogP contribution >= 0.6 is 0 Å². The molecule has 0 spiro atoms. The molecule has 25 heavy (non-hydrogen) atoms. The van der Waals surface area contributed by atoms with Crippen LogP contribution < -0.4 is 5.32 Å². The molecule has 0 amide bonds. The lowest BCUT2D eigenvalue weighted by Crippen LogP contribution is -2.31. The van der Waals surface area contributed by atoms with Crippen molar-refractivity contribution < 1.29 is 9.47 Å². The Morgan fingerprint density at radius 1 is 0.920 bits per heavy atom. The average molecular weight is 351 g/mol. The molecule has 0 saturated carbocycles. The highest BCUT2D eigenvalue weighted by molar-refractivity contribution is 6.11. The van der Waals surface area contributed by atoms with Gasteiger partial charge in [-0.1, -0.05) is 77.6 Å². The number of hydrogen-bond acceptors (Lipinski definition) is 3. The maximum atomic E-state index is 5.89. The van der Waals surface area contributed by atoms with Crippen molar-refractivity contribution in [1.29, 1.82) is 0 Å². The van der Waals surface area contributed by atoms with Crippen LogP contribution in [0.3, 0.4) is 0 Å². The molecule has 4 heteroatoms. The Kier molecular flexibility index (Phi) is 14.8. The summed E-state index contributed by atoms with van der Waals surface area (Å²) >= 11 is 0. The Balaban J connectivity index is 1.81. The molecule has 0 aromatic carbocycles. The minimum Gasteiger partial charge on any atom is -0.382 e. The van der Waals surface area contributed by atoms with Gasteiger partial charge in [0.15, 0.2) is 0 Å². The monoisotopic (exact) mass is 351 g/mol. The topological polar surface area (TPSA) is 30.5 Å². The fourth-order valence-electron chi connectivity index (χ4n) is 3.77. The highest BCUT2D eigenvalue weighted by atomic mass is 16.5. The van der Waals surface area contributed by atoms with Gasteiger partial charge in [-0.15, -0.1) is 0 Å². The Hall–Kier alpha value is -0.0551. The quantitative estimate of drug-likeness (QED) is 0.301. The smallest absolute Gasteiger partial charge is 0.109 e. The first-order valence-corrected chi connectivity index (χ1v) is 10.9. The minimum absolute atomic E-state index is 0.112. The average Bonchev–Trinajstić information content (AvgIpc) is 2.95. The predicted molar refractivity (Wildman–Crippen MR) is 108 cm³/mol. The molecule has 1 fully saturated rings. The van der Waals surface area contributed by atoms with Crippen molar-refractivity contribution in [3.8, 4) is 0 Å². The first kappa shape index (κ1) is 23.0. The standard InChI is InChI=1S/C21H42BNO2/c1-3-4-5-6-7-8-9-10-11-12-13-14-15-23-17-19-16-21(22)25-20(19)18-24-2/h19-21,23H,3-18H2,1-2H3/t19?,20-,21-/m1/s1. The highest BCUT2D eigenvalue weighted by Gasteiger charge is 2.31. The maximum absolute atomic E-state index is 5.89. The molecule has 146 valence electrons. The molecule has 1 saturated heterocycles. The van der Waals surface area contributed by atoms with Crippen molar-refractivity contribution in [2.24, 2.45) is 5.92 Å². The van der Waals surface area contributed by atoms with Crippen molar-refractivity contribution in [3.63, 3.8) is 0 Å². The summed E-state index contributed by atoms with van der Waals surface area (Å²) in [5, 5.41) is 3.58. The van der Waals surface area contributed by atoms with Gasteiger partial charge in [-0.2, -0.15) is 0 Å². The zero-order chi connectivity index (χ0) is 18.2. The number of nitrogens with one attached hydrogen (secondary N) is 1. The summed E-state index contributed by atoms with van der Waals surface area (Å²) in [6.07, 6.45) is 18.0. The molecule has 1 aliphatic rings. The molecule has 0 aromatic rings. The SMILES string of the molecule is [B][C@H]1CC(CNCCCCCCCCCCCCCC)[C@@H](COC)O1. The van der Waals surface area contributed by atoms with Crippen LogP contribution in [0.15, 0.2) is 0 Å². The first-order valence-electron chi connectivity index (χ1n) is 10.9. The van der Waals surface area contributed by atoms with E-state index in [2.05, 4.69) is 12.2 Å². The molecule has 1 rings (SSSR count). The van der Waals surface area contributed by atoms with Crippen molar-refractivity contribution in [2.45, 2.75) is 103 Å². The lowest BCUT2D eigenvalue weighted by molar-refractivity contribution is 0.00964. The molecule has 1 aliphatic heterocycles. The summed E-state index contributed by atoms with van der Waals surface area (Å²) in [7, 11) is 7.62. The van der Waals surface area contributed by atoms with Crippen molar-refractivity contribution in [3.05, 3.63) is 0 Å². The normalized spacial score (nSPS) is 23.4. The zero-order valence-electron chi connectivity index (χ0n) is 16.9. The van der Waals surface area contributed by atoms with Crippen LogP contribution in [-0.4, -0.2) is 46.8 Å². The summed E-state index contributed by atoms with van der Waals surface area (Å²) in [5.41, 5.74) is 0. The van der Waals surface area contributed by atoms with E-state index in [9.17, 15) is 0 Å². The van der Waals surface area contributed by atoms with Gasteiger partial charge < -0.3 is 14.8 Å². The minimum atomic E-state index is -0.112. The summed E-state index contributed by atoms with van der Waals surface area (Å²) < 4.78 is 10.9. The van der Waals surface area contributed by atoms with Crippen molar-refractivity contribution in [1.82, 2.24) is 5.32 Å². The van der Waals surface area contributed by atoms with Crippen molar-refractivity contribution >= 4 is 7.85 Å². The molecule has 1 heterocycles. The molecular formula is C21H42BNO2. The van der Waals surface area contributed by atoms with E-state index in [0.717, 1.165) is 19.5 Å². The number of rotatable bonds is 17. The summed E-state index contributed by atoms with van der Waals surface area (Å²) in [5.74, 6) is 0.493. The van der Waals surface area contributed by atoms with Crippen LogP contribution in [0.25, 0.3) is 0 Å². The van der Waals surface area contributed by atoms with Gasteiger partial charge >= 0.3 is 0 Å². The largest absolute Gasteiger partial charge is 0.382 e. The van der Waals surface area contributed by atoms with E-state index in [1.165, 1.54) is 77.0 Å². The Bertz CT molecular complexity index is 291. The van der Waals surface area contributed by atoms with Crippen LogP contribution in [0.2, 0.25) is 0 Å². The van der Waals surface area contributed by atoms with Gasteiger partial charge in [0.25, 0.3) is 0 Å². The van der Waals surface area contributed by atoms with Crippen molar-refractivity contribution in [2.75, 3.05) is 26.8 Å². The van der Waals surface area contributed by atoms with E-state index in [1.54, 1.807) is 7.11 Å². The third-order valence-corrected chi connectivity index (χ3v) is 5.35. The zero-order valence-corrected chi connectivity index (χ0v) is 16.9. The molecule has 3 atom stereocenters. The van der Waals surface area contributed by atoms with Gasteiger partial charge in [0.1, 0.15) is 7.85 Å². The second kappa shape index (κ2) is 16.1. The molecule has 0 aliphatic carbocycles. The number of hydrogen-bond donors (Lipinski definition) is 1. The molecule has 0 aromatic heterocycles. The summed E-state index contributed by atoms with van der Waals surface area (Å²) in [6.45, 7) is 5.05. The summed E-state index contributed by atoms with van der Waals surface area (Å²) in [4.78, 5) is 0. The van der Waals surface area contributed by atoms with Gasteiger partial charge in [-0.05, 0) is 19.4 Å². The first-order chi connectivity index (χ1) is 12.3. The van der Waals surface area contributed by atoms with Gasteiger partial charge in [0.2, 0.25) is 0 Å². The van der Waals surface area contributed by atoms with Gasteiger partial charge in [-0.3, -0.25) is 0 Å². The molecular weight excluding hydrogens is 309 g/mol. The predicted octanol–water partition coefficient (Wildman–Crippen LogP) is 4.82. The third-order valence-electron chi connectivity index (χ3n) is 5.35. The van der Waals surface area contributed by atoms with E-state index in [0.29, 0.717) is 12.5 Å². The fourth-order valence-corrected chi connectivity index (χ4v) is 3.77. The van der Waals surface area contributed by atoms with Gasteiger partial charge in [0.05, 0.1) is 12.7 Å². The third kappa shape index (κ3) is 12.0. The molecule has 1 unspecified atom stereocenters. The second-order valence-electron chi connectivity index (χ2n) is 7.76. The van der Waals surface area contributed by atoms with Crippen LogP contribution in [-0.2, 0) is 9.47 Å². The Morgan fingerprint density at radius 2 is 1.48 bits per heavy atom. The lowest BCUT2D eigenvalue weighted by atomic mass is 9.91. The number of methoxy groups -OCH3 is 1. The maximum Gasteiger partial charge on any atom is 0.109 e. The molecule has 1 N–H and O–H groups in total. The molecule has 3 nitrogen and oxygen atoms in total. The Labute approximate surface area is 158 Å². The number of ether oxygens (including phenoxy) is 2. The number of unbranched alkanes of at least 4 members (excludes halogenated alkanes) is 11. The molecule has 0 bridgehead atoms. The van der Waals surface area contributed by atoms with E-state index in [1.807, 2.05) is 0 Å².